The molecule has 0 aliphatic carbocycles. The second-order valence-corrected chi connectivity index (χ2v) is 0.970. The van der Waals surface area contributed by atoms with E-state index in [-0.39, 0.29) is 6.09 Å². The molecule has 0 fully saturated rings. The summed E-state index contributed by atoms with van der Waals surface area (Å²) in [4.78, 5) is 18.1. The molecular weight excluding hydrogens is 122 g/mol. The third-order valence-electron chi connectivity index (χ3n) is 0.480. The van der Waals surface area contributed by atoms with Crippen LogP contribution in [0.2, 0.25) is 0 Å². The van der Waals surface area contributed by atoms with E-state index in [0.29, 0.717) is 6.61 Å². The first-order valence-corrected chi connectivity index (χ1v) is 2.44. The van der Waals surface area contributed by atoms with Gasteiger partial charge in [0.2, 0.25) is 0 Å². The number of rotatable bonds is 1. The van der Waals surface area contributed by atoms with Crippen molar-refractivity contribution < 1.29 is 14.3 Å². The molecule has 0 aromatic carbocycles. The average Bonchev–Trinajstić information content (AvgIpc) is 1.93. The van der Waals surface area contributed by atoms with Crippen LogP contribution in [-0.2, 0) is 9.53 Å². The summed E-state index contributed by atoms with van der Waals surface area (Å²) >= 11 is 0. The maximum atomic E-state index is 10.1. The Balaban J connectivity index is 0. The fourth-order valence-electron chi connectivity index (χ4n) is 0.203. The van der Waals surface area contributed by atoms with E-state index < -0.39 is 0 Å². The summed E-state index contributed by atoms with van der Waals surface area (Å²) in [7, 11) is 1.53. The zero-order chi connectivity index (χ0) is 7.70. The molecule has 0 saturated heterocycles. The minimum Gasteiger partial charge on any atom is -0.450 e. The van der Waals surface area contributed by atoms with Gasteiger partial charge < -0.3 is 14.8 Å². The lowest BCUT2D eigenvalue weighted by Gasteiger charge is -1.95. The van der Waals surface area contributed by atoms with Crippen LogP contribution in [0.1, 0.15) is 6.92 Å². The van der Waals surface area contributed by atoms with E-state index in [2.05, 4.69) is 10.1 Å². The van der Waals surface area contributed by atoms with Gasteiger partial charge in [-0.25, -0.2) is 4.79 Å². The fraction of sp³-hybridized carbons (Fsp3) is 0.600. The SMILES string of the molecule is C=O.CCOC(=O)NC. The van der Waals surface area contributed by atoms with E-state index in [1.54, 1.807) is 6.92 Å². The van der Waals surface area contributed by atoms with Gasteiger partial charge >= 0.3 is 6.09 Å². The third-order valence-corrected chi connectivity index (χ3v) is 0.480. The van der Waals surface area contributed by atoms with Crippen LogP contribution >= 0.6 is 0 Å². The summed E-state index contributed by atoms with van der Waals surface area (Å²) < 4.78 is 4.44. The molecule has 0 aliphatic heterocycles. The quantitative estimate of drug-likeness (QED) is 0.555. The number of carbonyl (C=O) groups excluding carboxylic acids is 2. The highest BCUT2D eigenvalue weighted by Gasteiger charge is 1.89. The summed E-state index contributed by atoms with van der Waals surface area (Å²) in [6.07, 6.45) is -0.373. The molecule has 54 valence electrons. The summed E-state index contributed by atoms with van der Waals surface area (Å²) in [5, 5.41) is 2.30. The minimum atomic E-state index is -0.373. The van der Waals surface area contributed by atoms with E-state index in [0.717, 1.165) is 0 Å². The molecule has 1 N–H and O–H groups in total. The maximum Gasteiger partial charge on any atom is 0.406 e. The monoisotopic (exact) mass is 133 g/mol. The lowest BCUT2D eigenvalue weighted by molar-refractivity contribution is -0.0979. The molecule has 0 aromatic rings. The second kappa shape index (κ2) is 10.0. The smallest absolute Gasteiger partial charge is 0.406 e. The van der Waals surface area contributed by atoms with Gasteiger partial charge in [-0.15, -0.1) is 0 Å². The summed E-state index contributed by atoms with van der Waals surface area (Å²) in [6, 6.07) is 0. The Morgan fingerprint density at radius 1 is 1.67 bits per heavy atom. The van der Waals surface area contributed by atoms with Gasteiger partial charge in [0.1, 0.15) is 6.79 Å². The van der Waals surface area contributed by atoms with E-state index in [1.165, 1.54) is 7.05 Å². The molecular formula is C5H11NO3. The largest absolute Gasteiger partial charge is 0.450 e. The van der Waals surface area contributed by atoms with Crippen molar-refractivity contribution in [2.45, 2.75) is 6.92 Å². The molecule has 0 radical (unpaired) electrons. The second-order valence-electron chi connectivity index (χ2n) is 0.970. The van der Waals surface area contributed by atoms with Crippen LogP contribution in [0.25, 0.3) is 0 Å². The number of hydrogen-bond acceptors (Lipinski definition) is 3. The van der Waals surface area contributed by atoms with Crippen LogP contribution in [0, 0.1) is 0 Å². The Morgan fingerprint density at radius 2 is 2.11 bits per heavy atom. The van der Waals surface area contributed by atoms with Gasteiger partial charge in [-0.3, -0.25) is 0 Å². The van der Waals surface area contributed by atoms with Gasteiger partial charge in [0.05, 0.1) is 6.61 Å². The highest BCUT2D eigenvalue weighted by Crippen LogP contribution is 1.70. The van der Waals surface area contributed by atoms with Crippen molar-refractivity contribution >= 4 is 12.9 Å². The highest BCUT2D eigenvalue weighted by molar-refractivity contribution is 5.66. The van der Waals surface area contributed by atoms with Crippen LogP contribution in [0.4, 0.5) is 4.79 Å². The van der Waals surface area contributed by atoms with Gasteiger partial charge in [-0.05, 0) is 6.92 Å². The van der Waals surface area contributed by atoms with Crippen molar-refractivity contribution in [3.63, 3.8) is 0 Å². The topological polar surface area (TPSA) is 55.4 Å². The zero-order valence-electron chi connectivity index (χ0n) is 5.64. The number of nitrogens with one attached hydrogen (secondary N) is 1. The molecule has 4 heteroatoms. The number of ether oxygens (including phenoxy) is 1. The molecule has 0 spiro atoms. The van der Waals surface area contributed by atoms with Crippen LogP contribution < -0.4 is 5.32 Å². The molecule has 0 bridgehead atoms. The molecule has 0 unspecified atom stereocenters. The third kappa shape index (κ3) is 10.9. The van der Waals surface area contributed by atoms with E-state index in [9.17, 15) is 4.79 Å². The van der Waals surface area contributed by atoms with Crippen molar-refractivity contribution in [2.24, 2.45) is 0 Å². The van der Waals surface area contributed by atoms with Gasteiger partial charge in [-0.1, -0.05) is 0 Å². The molecule has 9 heavy (non-hydrogen) atoms. The standard InChI is InChI=1S/C4H9NO2.CH2O/c1-3-7-4(6)5-2;1-2/h3H2,1-2H3,(H,5,6);1H2. The Morgan fingerprint density at radius 3 is 2.22 bits per heavy atom. The Labute approximate surface area is 54.2 Å². The molecule has 0 aromatic heterocycles. The lowest BCUT2D eigenvalue weighted by atomic mass is 10.9. The number of amides is 1. The van der Waals surface area contributed by atoms with E-state index in [1.807, 2.05) is 6.79 Å². The summed E-state index contributed by atoms with van der Waals surface area (Å²) in [5.41, 5.74) is 0. The number of alkyl carbamates (subject to hydrolysis) is 1. The number of hydrogen-bond donors (Lipinski definition) is 1. The Kier molecular flexibility index (Phi) is 12.1. The summed E-state index contributed by atoms with van der Waals surface area (Å²) in [5.74, 6) is 0. The predicted molar refractivity (Wildman–Crippen MR) is 33.2 cm³/mol. The van der Waals surface area contributed by atoms with Crippen molar-refractivity contribution in [3.8, 4) is 0 Å². The van der Waals surface area contributed by atoms with E-state index in [4.69, 9.17) is 4.79 Å². The van der Waals surface area contributed by atoms with Crippen molar-refractivity contribution in [1.82, 2.24) is 5.32 Å². The zero-order valence-corrected chi connectivity index (χ0v) is 5.64. The van der Waals surface area contributed by atoms with Gasteiger partial charge in [0, 0.05) is 7.05 Å². The molecule has 0 atom stereocenters. The van der Waals surface area contributed by atoms with Gasteiger partial charge in [0.15, 0.2) is 0 Å². The van der Waals surface area contributed by atoms with Crippen LogP contribution in [0.5, 0.6) is 0 Å². The molecule has 0 saturated carbocycles. The van der Waals surface area contributed by atoms with Crippen LogP contribution in [0.15, 0.2) is 0 Å². The predicted octanol–water partition coefficient (Wildman–Crippen LogP) is 0.177. The molecule has 0 aliphatic rings. The van der Waals surface area contributed by atoms with Gasteiger partial charge in [0.25, 0.3) is 0 Å². The van der Waals surface area contributed by atoms with Crippen molar-refractivity contribution in [1.29, 1.82) is 0 Å². The highest BCUT2D eigenvalue weighted by atomic mass is 16.5. The lowest BCUT2D eigenvalue weighted by Crippen LogP contribution is -2.18. The molecule has 0 heterocycles. The van der Waals surface area contributed by atoms with Gasteiger partial charge in [-0.2, -0.15) is 0 Å². The van der Waals surface area contributed by atoms with Crippen LogP contribution in [0.3, 0.4) is 0 Å². The first kappa shape index (κ1) is 10.8. The number of carbonyl (C=O) groups is 2. The Bertz CT molecular complexity index is 74.6. The summed E-state index contributed by atoms with van der Waals surface area (Å²) in [6.45, 7) is 4.19. The molecule has 1 amide bonds. The van der Waals surface area contributed by atoms with Crippen molar-refractivity contribution in [3.05, 3.63) is 0 Å². The maximum absolute atomic E-state index is 10.1. The van der Waals surface area contributed by atoms with Crippen molar-refractivity contribution in [2.75, 3.05) is 13.7 Å². The minimum absolute atomic E-state index is 0.373. The molecule has 0 rings (SSSR count). The fourth-order valence-corrected chi connectivity index (χ4v) is 0.203. The first-order chi connectivity index (χ1) is 4.31. The van der Waals surface area contributed by atoms with Crippen LogP contribution in [-0.4, -0.2) is 26.5 Å². The van der Waals surface area contributed by atoms with E-state index >= 15 is 0 Å². The first-order valence-electron chi connectivity index (χ1n) is 2.44. The average molecular weight is 133 g/mol. The Hall–Kier alpha value is -1.06. The normalized spacial score (nSPS) is 6.44. The molecule has 4 nitrogen and oxygen atoms in total.